The number of hydrogen-bond donors (Lipinski definition) is 4. The van der Waals surface area contributed by atoms with Crippen molar-refractivity contribution in [3.63, 3.8) is 0 Å². The molecule has 0 radical (unpaired) electrons. The highest BCUT2D eigenvalue weighted by Gasteiger charge is 2.35. The number of anilines is 1. The van der Waals surface area contributed by atoms with Crippen LogP contribution in [0.2, 0.25) is 0 Å². The van der Waals surface area contributed by atoms with E-state index in [-0.39, 0.29) is 17.9 Å². The monoisotopic (exact) mass is 642 g/mol. The zero-order chi connectivity index (χ0) is 33.9. The standard InChI is InChI=1S/C34H38N6O7/c1-20-31(43)40-17-5-6-25(37-40)29(41)38-39(4)28-14-13-23-10-7-22(18-26(23)36-28)15-16-34(2,3)33(46)47-27(30(42)35-20)19-21-8-11-24(12-9-21)32(44)45/h7-16,18,20,25,27,37H,5-6,17,19H2,1-4H3,(H,35,42)(H,38,41)(H,44,45)/b16-15+/t20-,25-,27-/m0/s1. The number of carboxylic acids is 1. The van der Waals surface area contributed by atoms with Crippen LogP contribution in [0.3, 0.4) is 0 Å². The molecule has 1 aromatic heterocycles. The molecule has 0 spiro atoms. The lowest BCUT2D eigenvalue weighted by Gasteiger charge is -2.35. The van der Waals surface area contributed by atoms with Gasteiger partial charge in [-0.1, -0.05) is 36.4 Å². The fourth-order valence-corrected chi connectivity index (χ4v) is 5.29. The molecular formula is C34H38N6O7. The second-order valence-electron chi connectivity index (χ2n) is 12.4. The third-order valence-corrected chi connectivity index (χ3v) is 8.20. The van der Waals surface area contributed by atoms with Crippen LogP contribution in [0, 0.1) is 5.41 Å². The van der Waals surface area contributed by atoms with Crippen LogP contribution in [0.1, 0.15) is 55.1 Å². The number of hydrogen-bond acceptors (Lipinski definition) is 9. The maximum absolute atomic E-state index is 13.6. The molecule has 3 aromatic rings. The molecule has 13 heteroatoms. The predicted molar refractivity (Wildman–Crippen MR) is 174 cm³/mol. The summed E-state index contributed by atoms with van der Waals surface area (Å²) < 4.78 is 5.80. The largest absolute Gasteiger partial charge is 0.478 e. The fourth-order valence-electron chi connectivity index (χ4n) is 5.29. The Morgan fingerprint density at radius 3 is 2.49 bits per heavy atom. The van der Waals surface area contributed by atoms with Gasteiger partial charge in [0.2, 0.25) is 0 Å². The highest BCUT2D eigenvalue weighted by atomic mass is 16.5. The normalized spacial score (nSPS) is 23.1. The first-order chi connectivity index (χ1) is 22.3. The van der Waals surface area contributed by atoms with E-state index in [1.807, 2.05) is 24.3 Å². The van der Waals surface area contributed by atoms with Gasteiger partial charge in [-0.2, -0.15) is 0 Å². The number of aromatic carboxylic acids is 1. The van der Waals surface area contributed by atoms with Gasteiger partial charge in [0, 0.05) is 25.4 Å². The summed E-state index contributed by atoms with van der Waals surface area (Å²) in [6, 6.07) is 13.5. The molecular weight excluding hydrogens is 604 g/mol. The van der Waals surface area contributed by atoms with E-state index in [0.717, 1.165) is 10.9 Å². The van der Waals surface area contributed by atoms with E-state index in [1.54, 1.807) is 51.2 Å². The molecule has 3 heterocycles. The van der Waals surface area contributed by atoms with E-state index in [2.05, 4.69) is 16.2 Å². The highest BCUT2D eigenvalue weighted by molar-refractivity contribution is 5.92. The number of benzene rings is 2. The van der Waals surface area contributed by atoms with Crippen LogP contribution < -0.4 is 21.2 Å². The maximum Gasteiger partial charge on any atom is 0.335 e. The molecule has 2 aromatic carbocycles. The molecule has 5 bridgehead atoms. The Balaban J connectivity index is 1.49. The SMILES string of the molecule is C[C@@H]1NC(=O)[C@H](Cc2ccc(C(=O)O)cc2)OC(=O)C(C)(C)/C=C/c2ccc3ccc(nc3c2)N(C)NC(=O)[C@@H]2CCCN(N2)C1=O. The number of cyclic esters (lactones) is 1. The third-order valence-electron chi connectivity index (χ3n) is 8.20. The summed E-state index contributed by atoms with van der Waals surface area (Å²) in [6.45, 7) is 5.16. The van der Waals surface area contributed by atoms with Crippen molar-refractivity contribution in [1.82, 2.24) is 26.2 Å². The Labute approximate surface area is 271 Å². The van der Waals surface area contributed by atoms with Gasteiger partial charge in [0.25, 0.3) is 17.7 Å². The molecule has 3 amide bonds. The summed E-state index contributed by atoms with van der Waals surface area (Å²) in [5.74, 6) is -2.79. The first-order valence-electron chi connectivity index (χ1n) is 15.4. The lowest BCUT2D eigenvalue weighted by atomic mass is 9.92. The summed E-state index contributed by atoms with van der Waals surface area (Å²) in [5.41, 5.74) is 6.72. The highest BCUT2D eigenvalue weighted by Crippen LogP contribution is 2.25. The van der Waals surface area contributed by atoms with Crippen molar-refractivity contribution in [3.8, 4) is 0 Å². The Morgan fingerprint density at radius 1 is 1.04 bits per heavy atom. The van der Waals surface area contributed by atoms with Gasteiger partial charge in [-0.25, -0.2) is 15.2 Å². The average molecular weight is 643 g/mol. The zero-order valence-corrected chi connectivity index (χ0v) is 26.6. The number of rotatable bonds is 3. The van der Waals surface area contributed by atoms with Crippen LogP contribution in [0.5, 0.6) is 0 Å². The summed E-state index contributed by atoms with van der Waals surface area (Å²) in [6.07, 6.45) is 3.09. The number of aromatic nitrogens is 1. The first kappa shape index (κ1) is 33.1. The molecule has 0 aliphatic carbocycles. The Kier molecular flexibility index (Phi) is 9.56. The lowest BCUT2D eigenvalue weighted by Crippen LogP contribution is -2.62. The van der Waals surface area contributed by atoms with E-state index < -0.39 is 47.4 Å². The molecule has 0 unspecified atom stereocenters. The lowest BCUT2D eigenvalue weighted by molar-refractivity contribution is -0.162. The van der Waals surface area contributed by atoms with Crippen LogP contribution in [0.25, 0.3) is 17.0 Å². The third kappa shape index (κ3) is 7.75. The minimum absolute atomic E-state index is 0.0609. The molecule has 3 atom stereocenters. The number of amides is 3. The number of pyridine rings is 1. The van der Waals surface area contributed by atoms with Gasteiger partial charge >= 0.3 is 11.9 Å². The van der Waals surface area contributed by atoms with Gasteiger partial charge in [-0.05, 0) is 75.1 Å². The van der Waals surface area contributed by atoms with Crippen LogP contribution >= 0.6 is 0 Å². The topological polar surface area (TPSA) is 170 Å². The van der Waals surface area contributed by atoms with E-state index in [9.17, 15) is 29.1 Å². The molecule has 2 aliphatic rings. The predicted octanol–water partition coefficient (Wildman–Crippen LogP) is 2.61. The molecule has 2 aliphatic heterocycles. The molecule has 1 fully saturated rings. The first-order valence-corrected chi connectivity index (χ1v) is 15.4. The van der Waals surface area contributed by atoms with Gasteiger partial charge in [0.1, 0.15) is 17.9 Å². The molecule has 5 rings (SSSR count). The van der Waals surface area contributed by atoms with Crippen molar-refractivity contribution in [2.45, 2.75) is 58.2 Å². The Bertz CT molecular complexity index is 1740. The van der Waals surface area contributed by atoms with Crippen molar-refractivity contribution < 1.29 is 33.8 Å². The fraction of sp³-hybridized carbons (Fsp3) is 0.353. The van der Waals surface area contributed by atoms with Crippen molar-refractivity contribution >= 4 is 52.5 Å². The summed E-state index contributed by atoms with van der Waals surface area (Å²) in [4.78, 5) is 69.8. The van der Waals surface area contributed by atoms with Gasteiger partial charge < -0.3 is 15.2 Å². The number of nitrogens with one attached hydrogen (secondary N) is 3. The van der Waals surface area contributed by atoms with Crippen molar-refractivity contribution in [1.29, 1.82) is 0 Å². The smallest absolute Gasteiger partial charge is 0.335 e. The Hall–Kier alpha value is -5.30. The van der Waals surface area contributed by atoms with E-state index in [0.29, 0.717) is 36.3 Å². The van der Waals surface area contributed by atoms with E-state index in [1.165, 1.54) is 29.1 Å². The van der Waals surface area contributed by atoms with Gasteiger partial charge in [0.05, 0.1) is 16.5 Å². The summed E-state index contributed by atoms with van der Waals surface area (Å²) in [5, 5.41) is 15.6. The van der Waals surface area contributed by atoms with Crippen LogP contribution in [-0.2, 0) is 30.3 Å². The zero-order valence-electron chi connectivity index (χ0n) is 26.6. The number of hydrazine groups is 2. The number of carboxylic acid groups (broad SMARTS) is 1. The Morgan fingerprint density at radius 2 is 1.77 bits per heavy atom. The molecule has 246 valence electrons. The van der Waals surface area contributed by atoms with Crippen molar-refractivity contribution in [3.05, 3.63) is 77.4 Å². The van der Waals surface area contributed by atoms with Gasteiger partial charge in [0.15, 0.2) is 6.10 Å². The number of esters is 1. The summed E-state index contributed by atoms with van der Waals surface area (Å²) in [7, 11) is 1.68. The molecule has 47 heavy (non-hydrogen) atoms. The van der Waals surface area contributed by atoms with Crippen molar-refractivity contribution in [2.75, 3.05) is 18.6 Å². The van der Waals surface area contributed by atoms with E-state index in [4.69, 9.17) is 9.72 Å². The number of fused-ring (bicyclic) bond motifs is 4. The number of ether oxygens (including phenoxy) is 1. The van der Waals surface area contributed by atoms with Crippen LogP contribution in [0.4, 0.5) is 5.82 Å². The molecule has 0 saturated carbocycles. The molecule has 4 N–H and O–H groups in total. The second kappa shape index (κ2) is 13.6. The number of carbonyl (C=O) groups is 5. The second-order valence-corrected chi connectivity index (χ2v) is 12.4. The summed E-state index contributed by atoms with van der Waals surface area (Å²) >= 11 is 0. The number of nitrogens with zero attached hydrogens (tertiary/aromatic N) is 3. The minimum atomic E-state index is -1.33. The van der Waals surface area contributed by atoms with Crippen molar-refractivity contribution in [2.24, 2.45) is 5.41 Å². The maximum atomic E-state index is 13.6. The minimum Gasteiger partial charge on any atom is -0.478 e. The van der Waals surface area contributed by atoms with Crippen LogP contribution in [-0.4, -0.2) is 76.5 Å². The molecule has 13 nitrogen and oxygen atoms in total. The van der Waals surface area contributed by atoms with Gasteiger partial charge in [-0.15, -0.1) is 0 Å². The van der Waals surface area contributed by atoms with Gasteiger partial charge in [-0.3, -0.25) is 34.6 Å². The average Bonchev–Trinajstić information content (AvgIpc) is 3.06. The molecule has 1 saturated heterocycles. The quantitative estimate of drug-likeness (QED) is 0.312. The number of carbonyl (C=O) groups excluding carboxylic acids is 4. The van der Waals surface area contributed by atoms with E-state index >= 15 is 0 Å². The van der Waals surface area contributed by atoms with Crippen LogP contribution in [0.15, 0.2) is 60.7 Å².